The molecule has 1 heterocycles. The van der Waals surface area contributed by atoms with E-state index in [4.69, 9.17) is 5.73 Å². The number of nitrogens with one attached hydrogen (secondary N) is 1. The normalized spacial score (nSPS) is 14.5. The smallest absolute Gasteiger partial charge is 0.269 e. The largest absolute Gasteiger partial charge is 0.367 e. The Bertz CT molecular complexity index is 403. The number of nitrogens with two attached hydrogens (primary N) is 1. The van der Waals surface area contributed by atoms with Gasteiger partial charge in [0, 0.05) is 38.1 Å². The van der Waals surface area contributed by atoms with Gasteiger partial charge in [-0.25, -0.2) is 0 Å². The minimum atomic E-state index is -0.157. The van der Waals surface area contributed by atoms with Crippen molar-refractivity contribution in [3.8, 4) is 0 Å². The maximum atomic E-state index is 11.5. The van der Waals surface area contributed by atoms with Crippen LogP contribution in [0.4, 0.5) is 5.69 Å². The molecule has 1 aromatic heterocycles. The fourth-order valence-electron chi connectivity index (χ4n) is 1.90. The zero-order valence-corrected chi connectivity index (χ0v) is 10.0. The van der Waals surface area contributed by atoms with Gasteiger partial charge in [-0.2, -0.15) is 0 Å². The molecule has 1 aromatic rings. The number of nitrogens with zero attached hydrogens (tertiary/aromatic N) is 2. The molecule has 0 bridgehead atoms. The van der Waals surface area contributed by atoms with Gasteiger partial charge in [-0.05, 0) is 25.0 Å². The molecule has 1 fully saturated rings. The molecule has 5 nitrogen and oxygen atoms in total. The number of carbonyl (C=O) groups excluding carboxylic acids is 1. The number of hydrogen-bond donors (Lipinski definition) is 2. The van der Waals surface area contributed by atoms with Crippen LogP contribution in [-0.2, 0) is 0 Å². The van der Waals surface area contributed by atoms with Crippen molar-refractivity contribution in [3.05, 3.63) is 24.0 Å². The Labute approximate surface area is 101 Å². The summed E-state index contributed by atoms with van der Waals surface area (Å²) in [5.41, 5.74) is 7.11. The van der Waals surface area contributed by atoms with Crippen molar-refractivity contribution in [2.24, 2.45) is 5.73 Å². The van der Waals surface area contributed by atoms with Crippen molar-refractivity contribution < 1.29 is 4.79 Å². The van der Waals surface area contributed by atoms with Crippen LogP contribution in [0.15, 0.2) is 18.3 Å². The molecule has 0 spiro atoms. The highest BCUT2D eigenvalue weighted by Crippen LogP contribution is 2.31. The third-order valence-corrected chi connectivity index (χ3v) is 2.89. The van der Waals surface area contributed by atoms with E-state index in [1.807, 2.05) is 12.1 Å². The summed E-state index contributed by atoms with van der Waals surface area (Å²) < 4.78 is 0. The zero-order valence-electron chi connectivity index (χ0n) is 10.0. The lowest BCUT2D eigenvalue weighted by Crippen LogP contribution is -2.31. The van der Waals surface area contributed by atoms with Crippen LogP contribution in [0, 0.1) is 0 Å². The number of aromatic nitrogens is 1. The lowest BCUT2D eigenvalue weighted by atomic mass is 10.2. The molecular formula is C12H18N4O. The monoisotopic (exact) mass is 234 g/mol. The van der Waals surface area contributed by atoms with Gasteiger partial charge in [-0.3, -0.25) is 9.78 Å². The summed E-state index contributed by atoms with van der Waals surface area (Å²) in [6.45, 7) is 1.44. The number of carbonyl (C=O) groups is 1. The Kier molecular flexibility index (Phi) is 3.58. The minimum Gasteiger partial charge on any atom is -0.367 e. The van der Waals surface area contributed by atoms with E-state index in [9.17, 15) is 4.79 Å². The number of pyridine rings is 1. The molecule has 0 aromatic carbocycles. The second-order valence-electron chi connectivity index (χ2n) is 4.19. The summed E-state index contributed by atoms with van der Waals surface area (Å²) in [5, 5.41) is 2.58. The van der Waals surface area contributed by atoms with Gasteiger partial charge in [-0.15, -0.1) is 0 Å². The Hall–Kier alpha value is -1.62. The van der Waals surface area contributed by atoms with E-state index in [2.05, 4.69) is 15.2 Å². The topological polar surface area (TPSA) is 71.2 Å². The lowest BCUT2D eigenvalue weighted by molar-refractivity contribution is 0.0958. The Morgan fingerprint density at radius 2 is 2.41 bits per heavy atom. The molecule has 3 N–H and O–H groups in total. The first-order valence-electron chi connectivity index (χ1n) is 5.91. The average Bonchev–Trinajstić information content (AvgIpc) is 3.19. The van der Waals surface area contributed by atoms with E-state index < -0.39 is 0 Å². The highest BCUT2D eigenvalue weighted by Gasteiger charge is 2.29. The van der Waals surface area contributed by atoms with Gasteiger partial charge < -0.3 is 16.0 Å². The van der Waals surface area contributed by atoms with Crippen molar-refractivity contribution >= 4 is 11.6 Å². The van der Waals surface area contributed by atoms with Crippen LogP contribution < -0.4 is 16.0 Å². The number of hydrogen-bond acceptors (Lipinski definition) is 4. The van der Waals surface area contributed by atoms with Crippen LogP contribution in [0.25, 0.3) is 0 Å². The van der Waals surface area contributed by atoms with Crippen molar-refractivity contribution in [1.29, 1.82) is 0 Å². The molecule has 17 heavy (non-hydrogen) atoms. The summed E-state index contributed by atoms with van der Waals surface area (Å²) in [6.07, 6.45) is 4.08. The molecule has 1 aliphatic carbocycles. The summed E-state index contributed by atoms with van der Waals surface area (Å²) >= 11 is 0. The van der Waals surface area contributed by atoms with Crippen LogP contribution in [0.3, 0.4) is 0 Å². The SMILES string of the molecule is CNC(=O)c1cc(N(CCN)C2CC2)ccn1. The van der Waals surface area contributed by atoms with Crippen LogP contribution in [-0.4, -0.2) is 37.1 Å². The molecule has 0 atom stereocenters. The van der Waals surface area contributed by atoms with E-state index in [0.29, 0.717) is 18.3 Å². The first-order valence-corrected chi connectivity index (χ1v) is 5.91. The Morgan fingerprint density at radius 1 is 1.65 bits per heavy atom. The summed E-state index contributed by atoms with van der Waals surface area (Å²) in [6, 6.07) is 4.34. The van der Waals surface area contributed by atoms with Gasteiger partial charge >= 0.3 is 0 Å². The molecule has 0 unspecified atom stereocenters. The van der Waals surface area contributed by atoms with E-state index in [1.54, 1.807) is 13.2 Å². The molecule has 1 saturated carbocycles. The maximum Gasteiger partial charge on any atom is 0.269 e. The van der Waals surface area contributed by atoms with Crippen molar-refractivity contribution in [2.45, 2.75) is 18.9 Å². The standard InChI is InChI=1S/C12H18N4O/c1-14-12(17)11-8-10(4-6-15-11)16(7-5-13)9-2-3-9/h4,6,8-9H,2-3,5,7,13H2,1H3,(H,14,17). The molecule has 0 aliphatic heterocycles. The predicted octanol–water partition coefficient (Wildman–Crippen LogP) is 0.369. The lowest BCUT2D eigenvalue weighted by Gasteiger charge is -2.24. The van der Waals surface area contributed by atoms with Gasteiger partial charge in [0.05, 0.1) is 0 Å². The van der Waals surface area contributed by atoms with Gasteiger partial charge in [-0.1, -0.05) is 0 Å². The van der Waals surface area contributed by atoms with Gasteiger partial charge in [0.2, 0.25) is 0 Å². The van der Waals surface area contributed by atoms with E-state index in [0.717, 1.165) is 12.2 Å². The number of amides is 1. The second-order valence-corrected chi connectivity index (χ2v) is 4.19. The average molecular weight is 234 g/mol. The molecule has 92 valence electrons. The van der Waals surface area contributed by atoms with Crippen LogP contribution in [0.5, 0.6) is 0 Å². The fourth-order valence-corrected chi connectivity index (χ4v) is 1.90. The third-order valence-electron chi connectivity index (χ3n) is 2.89. The summed E-state index contributed by atoms with van der Waals surface area (Å²) in [4.78, 5) is 17.8. The Balaban J connectivity index is 2.21. The quantitative estimate of drug-likeness (QED) is 0.772. The van der Waals surface area contributed by atoms with Crippen LogP contribution in [0.1, 0.15) is 23.3 Å². The van der Waals surface area contributed by atoms with Gasteiger partial charge in [0.15, 0.2) is 0 Å². The summed E-state index contributed by atoms with van der Waals surface area (Å²) in [5.74, 6) is -0.157. The number of rotatable bonds is 5. The highest BCUT2D eigenvalue weighted by molar-refractivity contribution is 5.92. The maximum absolute atomic E-state index is 11.5. The summed E-state index contributed by atoms with van der Waals surface area (Å²) in [7, 11) is 1.61. The van der Waals surface area contributed by atoms with Crippen molar-refractivity contribution in [3.63, 3.8) is 0 Å². The predicted molar refractivity (Wildman–Crippen MR) is 67.0 cm³/mol. The van der Waals surface area contributed by atoms with Crippen molar-refractivity contribution in [1.82, 2.24) is 10.3 Å². The molecule has 1 aliphatic rings. The molecule has 0 radical (unpaired) electrons. The molecule has 2 rings (SSSR count). The second kappa shape index (κ2) is 5.14. The van der Waals surface area contributed by atoms with E-state index in [1.165, 1.54) is 12.8 Å². The molecule has 0 saturated heterocycles. The first-order chi connectivity index (χ1) is 8.26. The van der Waals surface area contributed by atoms with Gasteiger partial charge in [0.25, 0.3) is 5.91 Å². The number of anilines is 1. The molecular weight excluding hydrogens is 216 g/mol. The van der Waals surface area contributed by atoms with Gasteiger partial charge in [0.1, 0.15) is 5.69 Å². The molecule has 1 amide bonds. The highest BCUT2D eigenvalue weighted by atomic mass is 16.1. The third kappa shape index (κ3) is 2.74. The molecule has 5 heteroatoms. The van der Waals surface area contributed by atoms with Crippen LogP contribution >= 0.6 is 0 Å². The van der Waals surface area contributed by atoms with Crippen molar-refractivity contribution in [2.75, 3.05) is 25.0 Å². The van der Waals surface area contributed by atoms with E-state index >= 15 is 0 Å². The Morgan fingerprint density at radius 3 is 3.00 bits per heavy atom. The zero-order chi connectivity index (χ0) is 12.3. The fraction of sp³-hybridized carbons (Fsp3) is 0.500. The minimum absolute atomic E-state index is 0.157. The first kappa shape index (κ1) is 11.9. The van der Waals surface area contributed by atoms with E-state index in [-0.39, 0.29) is 5.91 Å². The van der Waals surface area contributed by atoms with Crippen LogP contribution in [0.2, 0.25) is 0 Å².